The van der Waals surface area contributed by atoms with Crippen LogP contribution in [0.25, 0.3) is 0 Å². The summed E-state index contributed by atoms with van der Waals surface area (Å²) in [5.74, 6) is -5.51. The van der Waals surface area contributed by atoms with Crippen molar-refractivity contribution in [3.05, 3.63) is 39.8 Å². The number of carbonyl (C=O) groups is 2. The fourth-order valence-corrected chi connectivity index (χ4v) is 3.59. The maximum absolute atomic E-state index is 10.6. The Balaban J connectivity index is 0.000000343. The average molecular weight is 519 g/mol. The van der Waals surface area contributed by atoms with Crippen LogP contribution in [0.2, 0.25) is 0 Å². The van der Waals surface area contributed by atoms with Crippen molar-refractivity contribution in [2.75, 3.05) is 19.8 Å². The van der Waals surface area contributed by atoms with Crippen molar-refractivity contribution < 1.29 is 50.9 Å². The van der Waals surface area contributed by atoms with Gasteiger partial charge in [-0.05, 0) is 41.3 Å². The number of rotatable bonds is 5. The maximum Gasteiger partial charge on any atom is 0.490 e. The molecule has 0 spiro atoms. The summed E-state index contributed by atoms with van der Waals surface area (Å²) < 4.78 is 71.2. The van der Waals surface area contributed by atoms with Gasteiger partial charge in [-0.25, -0.2) is 9.59 Å². The molecule has 0 bridgehead atoms. The van der Waals surface area contributed by atoms with Crippen molar-refractivity contribution in [2.24, 2.45) is 7.05 Å². The molecule has 0 radical (unpaired) electrons. The highest BCUT2D eigenvalue weighted by Gasteiger charge is 2.39. The molecule has 0 fully saturated rings. The summed E-state index contributed by atoms with van der Waals surface area (Å²) in [6, 6.07) is 2.52. The van der Waals surface area contributed by atoms with Crippen molar-refractivity contribution in [2.45, 2.75) is 38.3 Å². The van der Waals surface area contributed by atoms with Gasteiger partial charge in [0.15, 0.2) is 0 Å². The molecule has 1 aliphatic rings. The summed E-state index contributed by atoms with van der Waals surface area (Å²) in [4.78, 5) is 20.3. The van der Waals surface area contributed by atoms with Gasteiger partial charge in [-0.3, -0.25) is 9.58 Å². The minimum atomic E-state index is -5.08. The molecule has 3 rings (SSSR count). The molecule has 1 aliphatic heterocycles. The van der Waals surface area contributed by atoms with Crippen molar-refractivity contribution in [1.29, 1.82) is 0 Å². The van der Waals surface area contributed by atoms with E-state index in [1.807, 2.05) is 17.9 Å². The Hall–Kier alpha value is -2.65. The predicted molar refractivity (Wildman–Crippen MR) is 108 cm³/mol. The predicted octanol–water partition coefficient (Wildman–Crippen LogP) is 3.88. The number of thiophene rings is 1. The van der Waals surface area contributed by atoms with E-state index in [4.69, 9.17) is 24.5 Å². The number of aliphatic carboxylic acids is 2. The van der Waals surface area contributed by atoms with E-state index in [0.717, 1.165) is 32.7 Å². The van der Waals surface area contributed by atoms with Gasteiger partial charge in [-0.15, -0.1) is 0 Å². The number of fused-ring (bicyclic) bond motifs is 1. The normalized spacial score (nSPS) is 15.9. The number of alkyl halides is 6. The lowest BCUT2D eigenvalue weighted by Gasteiger charge is -2.35. The zero-order chi connectivity index (χ0) is 26.1. The number of hydrogen-bond acceptors (Lipinski definition) is 6. The second-order valence-electron chi connectivity index (χ2n) is 6.81. The molecular weight excluding hydrogens is 496 g/mol. The molecule has 34 heavy (non-hydrogen) atoms. The molecule has 1 unspecified atom stereocenters. The Bertz CT molecular complexity index is 891. The fourth-order valence-electron chi connectivity index (χ4n) is 2.93. The van der Waals surface area contributed by atoms with Crippen LogP contribution in [0, 0.1) is 0 Å². The van der Waals surface area contributed by atoms with E-state index in [-0.39, 0.29) is 0 Å². The number of ether oxygens (including phenoxy) is 1. The summed E-state index contributed by atoms with van der Waals surface area (Å²) in [5, 5.41) is 23.1. The number of aryl methyl sites for hydroxylation is 1. The van der Waals surface area contributed by atoms with Crippen LogP contribution in [0.15, 0.2) is 23.0 Å². The molecule has 2 N–H and O–H groups in total. The number of carboxylic acids is 2. The highest BCUT2D eigenvalue weighted by atomic mass is 32.1. The number of carboxylic acid groups (broad SMARTS) is 2. The summed E-state index contributed by atoms with van der Waals surface area (Å²) >= 11 is 1.76. The lowest BCUT2D eigenvalue weighted by Crippen LogP contribution is -2.38. The third-order valence-electron chi connectivity index (χ3n) is 4.42. The molecule has 8 nitrogen and oxygen atoms in total. The van der Waals surface area contributed by atoms with Gasteiger partial charge in [0.1, 0.15) is 0 Å². The van der Waals surface area contributed by atoms with Crippen LogP contribution >= 0.6 is 11.3 Å². The largest absolute Gasteiger partial charge is 0.490 e. The number of nitrogens with zero attached hydrogens (tertiary/aromatic N) is 3. The monoisotopic (exact) mass is 519 g/mol. The van der Waals surface area contributed by atoms with E-state index in [1.54, 1.807) is 11.3 Å². The molecule has 2 aromatic rings. The zero-order valence-electron chi connectivity index (χ0n) is 18.1. The Morgan fingerprint density at radius 2 is 1.74 bits per heavy atom. The van der Waals surface area contributed by atoms with Crippen molar-refractivity contribution in [1.82, 2.24) is 14.7 Å². The Morgan fingerprint density at radius 1 is 1.18 bits per heavy atom. The van der Waals surface area contributed by atoms with Gasteiger partial charge in [-0.2, -0.15) is 42.8 Å². The van der Waals surface area contributed by atoms with Crippen molar-refractivity contribution in [3.8, 4) is 0 Å². The van der Waals surface area contributed by atoms with Gasteiger partial charge < -0.3 is 14.9 Å². The molecule has 0 aliphatic carbocycles. The van der Waals surface area contributed by atoms with Crippen LogP contribution in [0.4, 0.5) is 26.3 Å². The van der Waals surface area contributed by atoms with E-state index in [9.17, 15) is 26.3 Å². The minimum Gasteiger partial charge on any atom is -0.475 e. The third kappa shape index (κ3) is 9.30. The van der Waals surface area contributed by atoms with Gasteiger partial charge in [0.2, 0.25) is 0 Å². The van der Waals surface area contributed by atoms with Crippen molar-refractivity contribution >= 4 is 23.3 Å². The quantitative estimate of drug-likeness (QED) is 0.578. The number of hydrogen-bond donors (Lipinski definition) is 2. The molecule has 0 aromatic carbocycles. The Kier molecular flexibility index (Phi) is 11.0. The van der Waals surface area contributed by atoms with E-state index in [2.05, 4.69) is 33.7 Å². The van der Waals surface area contributed by atoms with Crippen LogP contribution < -0.4 is 0 Å². The average Bonchev–Trinajstić information content (AvgIpc) is 3.37. The molecule has 1 atom stereocenters. The number of halogens is 6. The van der Waals surface area contributed by atoms with Crippen LogP contribution in [0.5, 0.6) is 0 Å². The van der Waals surface area contributed by atoms with Crippen LogP contribution in [-0.4, -0.2) is 68.9 Å². The first kappa shape index (κ1) is 29.4. The Labute approximate surface area is 194 Å². The third-order valence-corrected chi connectivity index (χ3v) is 5.15. The molecule has 2 aromatic heterocycles. The highest BCUT2D eigenvalue weighted by molar-refractivity contribution is 7.07. The number of aromatic nitrogens is 2. The first-order chi connectivity index (χ1) is 15.7. The van der Waals surface area contributed by atoms with Gasteiger partial charge >= 0.3 is 24.3 Å². The second kappa shape index (κ2) is 12.7. The molecule has 0 amide bonds. The van der Waals surface area contributed by atoms with Crippen LogP contribution in [0.1, 0.15) is 29.8 Å². The lowest BCUT2D eigenvalue weighted by atomic mass is 9.99. The lowest BCUT2D eigenvalue weighted by molar-refractivity contribution is -0.193. The standard InChI is InChI=1S/C15H21N3OS.2C2HF3O2/c1-3-19-10-14-15-13(8-16-17(15)2)4-6-18(14)9-12-5-7-20-11-12;2*3-2(4,5)1(6)7/h5,7-8,11,14H,3-4,6,9-10H2,1-2H3;2*(H,6,7). The summed E-state index contributed by atoms with van der Waals surface area (Å²) in [5.41, 5.74) is 4.08. The highest BCUT2D eigenvalue weighted by Crippen LogP contribution is 2.31. The smallest absolute Gasteiger partial charge is 0.475 e. The molecule has 3 heterocycles. The summed E-state index contributed by atoms with van der Waals surface area (Å²) in [7, 11) is 2.03. The molecule has 192 valence electrons. The summed E-state index contributed by atoms with van der Waals surface area (Å²) in [6.07, 6.45) is -7.08. The van der Waals surface area contributed by atoms with Gasteiger partial charge in [-0.1, -0.05) is 0 Å². The van der Waals surface area contributed by atoms with Crippen LogP contribution in [-0.2, 0) is 34.3 Å². The first-order valence-corrected chi connectivity index (χ1v) is 10.6. The van der Waals surface area contributed by atoms with E-state index in [1.165, 1.54) is 16.8 Å². The molecular formula is C19H23F6N3O5S. The Morgan fingerprint density at radius 3 is 2.18 bits per heavy atom. The molecule has 0 saturated heterocycles. The SMILES string of the molecule is CCOCC1c2c(cnn2C)CCN1Cc1ccsc1.O=C(O)C(F)(F)F.O=C(O)C(F)(F)F. The molecule has 0 saturated carbocycles. The fraction of sp³-hybridized carbons (Fsp3) is 0.526. The zero-order valence-corrected chi connectivity index (χ0v) is 18.9. The van der Waals surface area contributed by atoms with Gasteiger partial charge in [0.05, 0.1) is 24.5 Å². The van der Waals surface area contributed by atoms with Gasteiger partial charge in [0.25, 0.3) is 0 Å². The molecule has 15 heteroatoms. The van der Waals surface area contributed by atoms with Crippen LogP contribution in [0.3, 0.4) is 0 Å². The van der Waals surface area contributed by atoms with E-state index < -0.39 is 24.3 Å². The van der Waals surface area contributed by atoms with Gasteiger partial charge in [0, 0.05) is 26.7 Å². The second-order valence-corrected chi connectivity index (χ2v) is 7.59. The maximum atomic E-state index is 10.6. The summed E-state index contributed by atoms with van der Waals surface area (Å²) in [6.45, 7) is 5.62. The van der Waals surface area contributed by atoms with E-state index in [0.29, 0.717) is 6.04 Å². The first-order valence-electron chi connectivity index (χ1n) is 9.62. The van der Waals surface area contributed by atoms with E-state index >= 15 is 0 Å². The topological polar surface area (TPSA) is 105 Å². The minimum absolute atomic E-state index is 0.311. The van der Waals surface area contributed by atoms with Crippen molar-refractivity contribution in [3.63, 3.8) is 0 Å².